The zero-order valence-corrected chi connectivity index (χ0v) is 27.7. The number of rotatable bonds is 13. The lowest BCUT2D eigenvalue weighted by molar-refractivity contribution is -0.114. The van der Waals surface area contributed by atoms with Crippen LogP contribution in [-0.2, 0) is 17.1 Å². The lowest BCUT2D eigenvalue weighted by atomic mass is 9.90. The average molecular weight is 655 g/mol. The SMILES string of the molecule is CNc1nc(Nc2ccc(C(=O)N3CCN(Cc4cccc(CSC(C)(C)C(C=O)C5(F)CC5)c4)CC3)cc2OC)ncc1Cl. The van der Waals surface area contributed by atoms with Crippen molar-refractivity contribution in [3.05, 3.63) is 70.4 Å². The summed E-state index contributed by atoms with van der Waals surface area (Å²) in [6.07, 6.45) is 3.27. The molecule has 1 saturated heterocycles. The second-order valence-electron chi connectivity index (χ2n) is 12.1. The van der Waals surface area contributed by atoms with Gasteiger partial charge < -0.3 is 25.1 Å². The average Bonchev–Trinajstić information content (AvgIpc) is 3.78. The minimum atomic E-state index is -1.33. The number of methoxy groups -OCH3 is 1. The van der Waals surface area contributed by atoms with Gasteiger partial charge in [-0.3, -0.25) is 9.69 Å². The summed E-state index contributed by atoms with van der Waals surface area (Å²) in [4.78, 5) is 37.9. The lowest BCUT2D eigenvalue weighted by Crippen LogP contribution is -2.48. The maximum Gasteiger partial charge on any atom is 0.254 e. The highest BCUT2D eigenvalue weighted by Gasteiger charge is 2.55. The van der Waals surface area contributed by atoms with Gasteiger partial charge in [0.2, 0.25) is 5.95 Å². The third kappa shape index (κ3) is 7.88. The number of piperazine rings is 1. The number of carbonyl (C=O) groups excluding carboxylic acids is 2. The first-order valence-electron chi connectivity index (χ1n) is 15.1. The fourth-order valence-electron chi connectivity index (χ4n) is 5.72. The predicted molar refractivity (Wildman–Crippen MR) is 178 cm³/mol. The molecule has 2 aromatic carbocycles. The minimum absolute atomic E-state index is 0.0452. The number of anilines is 3. The van der Waals surface area contributed by atoms with Crippen molar-refractivity contribution in [3.8, 4) is 5.75 Å². The number of aromatic nitrogens is 2. The van der Waals surface area contributed by atoms with Crippen molar-refractivity contribution in [2.75, 3.05) is 51.0 Å². The van der Waals surface area contributed by atoms with Gasteiger partial charge in [0.05, 0.1) is 24.9 Å². The van der Waals surface area contributed by atoms with E-state index in [-0.39, 0.29) is 5.91 Å². The molecule has 0 spiro atoms. The van der Waals surface area contributed by atoms with Gasteiger partial charge in [0.25, 0.3) is 5.91 Å². The smallest absolute Gasteiger partial charge is 0.254 e. The van der Waals surface area contributed by atoms with Gasteiger partial charge in [0, 0.05) is 55.8 Å². The van der Waals surface area contributed by atoms with E-state index in [0.29, 0.717) is 65.5 Å². The van der Waals surface area contributed by atoms with Crippen molar-refractivity contribution >= 4 is 53.0 Å². The number of nitrogens with one attached hydrogen (secondary N) is 2. The van der Waals surface area contributed by atoms with Crippen LogP contribution >= 0.6 is 23.4 Å². The molecule has 45 heavy (non-hydrogen) atoms. The number of halogens is 2. The van der Waals surface area contributed by atoms with Crippen molar-refractivity contribution in [3.63, 3.8) is 0 Å². The highest BCUT2D eigenvalue weighted by molar-refractivity contribution is 7.99. The summed E-state index contributed by atoms with van der Waals surface area (Å²) >= 11 is 7.73. The molecule has 1 aliphatic heterocycles. The topological polar surface area (TPSA) is 99.7 Å². The molecule has 0 radical (unpaired) electrons. The van der Waals surface area contributed by atoms with Crippen molar-refractivity contribution < 1.29 is 18.7 Å². The molecule has 1 aliphatic carbocycles. The number of thioether (sulfide) groups is 1. The van der Waals surface area contributed by atoms with E-state index in [1.165, 1.54) is 11.8 Å². The molecule has 12 heteroatoms. The van der Waals surface area contributed by atoms with Crippen LogP contribution in [0.15, 0.2) is 48.7 Å². The highest BCUT2D eigenvalue weighted by atomic mass is 35.5. The molecule has 3 aromatic rings. The second kappa shape index (κ2) is 13.9. The molecule has 2 aliphatic rings. The number of benzene rings is 2. The van der Waals surface area contributed by atoms with Crippen molar-refractivity contribution in [1.82, 2.24) is 19.8 Å². The number of nitrogens with zero attached hydrogens (tertiary/aromatic N) is 4. The molecule has 1 aromatic heterocycles. The Hall–Kier alpha value is -3.41. The minimum Gasteiger partial charge on any atom is -0.495 e. The first-order valence-corrected chi connectivity index (χ1v) is 16.4. The van der Waals surface area contributed by atoms with E-state index in [1.807, 2.05) is 18.7 Å². The van der Waals surface area contributed by atoms with E-state index >= 15 is 0 Å². The van der Waals surface area contributed by atoms with Crippen LogP contribution < -0.4 is 15.4 Å². The number of alkyl halides is 1. The zero-order valence-electron chi connectivity index (χ0n) is 26.1. The van der Waals surface area contributed by atoms with E-state index in [4.69, 9.17) is 16.3 Å². The summed E-state index contributed by atoms with van der Waals surface area (Å²) in [7, 11) is 3.28. The number of hydrogen-bond donors (Lipinski definition) is 2. The standard InChI is InChI=1S/C33H40ClFN6O3S/c1-32(2,28(20-42)33(35)10-11-33)45-21-23-7-5-6-22(16-23)19-40-12-14-41(15-13-40)30(43)24-8-9-26(27(17-24)44-4)38-31-37-18-25(34)29(36-3)39-31/h5-9,16-18,20,28H,10-15,19,21H2,1-4H3,(H2,36,37,38,39). The Balaban J connectivity index is 1.14. The summed E-state index contributed by atoms with van der Waals surface area (Å²) in [6, 6.07) is 13.7. The van der Waals surface area contributed by atoms with Crippen molar-refractivity contribution in [2.24, 2.45) is 5.92 Å². The molecule has 2 N–H and O–H groups in total. The van der Waals surface area contributed by atoms with Gasteiger partial charge in [-0.25, -0.2) is 9.37 Å². The Morgan fingerprint density at radius 3 is 2.58 bits per heavy atom. The second-order valence-corrected chi connectivity index (χ2v) is 14.1. The van der Waals surface area contributed by atoms with Crippen LogP contribution in [0.5, 0.6) is 5.75 Å². The predicted octanol–water partition coefficient (Wildman–Crippen LogP) is 6.21. The fraction of sp³-hybridized carbons (Fsp3) is 0.455. The van der Waals surface area contributed by atoms with Crippen molar-refractivity contribution in [2.45, 2.75) is 49.4 Å². The first kappa shape index (κ1) is 33.0. The first-order chi connectivity index (χ1) is 21.5. The molecule has 1 unspecified atom stereocenters. The summed E-state index contributed by atoms with van der Waals surface area (Å²) in [5.41, 5.74) is 2.20. The van der Waals surface area contributed by atoms with Crippen LogP contribution in [0.25, 0.3) is 0 Å². The summed E-state index contributed by atoms with van der Waals surface area (Å²) in [5, 5.41) is 6.46. The van der Waals surface area contributed by atoms with Crippen molar-refractivity contribution in [1.29, 1.82) is 0 Å². The van der Waals surface area contributed by atoms with E-state index in [1.54, 1.807) is 44.1 Å². The number of aldehydes is 1. The Morgan fingerprint density at radius 1 is 1.18 bits per heavy atom. The number of carbonyl (C=O) groups is 2. The third-order valence-corrected chi connectivity index (χ3v) is 10.3. The van der Waals surface area contributed by atoms with Gasteiger partial charge in [0.15, 0.2) is 0 Å². The summed E-state index contributed by atoms with van der Waals surface area (Å²) in [5.74, 6) is 1.43. The Labute approximate surface area is 273 Å². The molecule has 5 rings (SSSR count). The Kier molecular flexibility index (Phi) is 10.2. The monoisotopic (exact) mass is 654 g/mol. The van der Waals surface area contributed by atoms with Crippen LogP contribution in [0.3, 0.4) is 0 Å². The molecule has 2 fully saturated rings. The van der Waals surface area contributed by atoms with Crippen LogP contribution in [0, 0.1) is 5.92 Å². The molecule has 1 amide bonds. The number of amides is 1. The van der Waals surface area contributed by atoms with Gasteiger partial charge in [-0.15, -0.1) is 0 Å². The molecular weight excluding hydrogens is 615 g/mol. The zero-order chi connectivity index (χ0) is 32.2. The maximum atomic E-state index is 14.7. The van der Waals surface area contributed by atoms with Gasteiger partial charge in [-0.05, 0) is 56.0 Å². The Bertz CT molecular complexity index is 1530. The van der Waals surface area contributed by atoms with E-state index in [0.717, 1.165) is 31.5 Å². The quantitative estimate of drug-likeness (QED) is 0.208. The fourth-order valence-corrected chi connectivity index (χ4v) is 7.07. The third-order valence-electron chi connectivity index (χ3n) is 8.51. The van der Waals surface area contributed by atoms with E-state index in [2.05, 4.69) is 49.8 Å². The van der Waals surface area contributed by atoms with Crippen LogP contribution in [-0.4, -0.2) is 82.7 Å². The molecule has 240 valence electrons. The molecule has 1 saturated carbocycles. The maximum absolute atomic E-state index is 14.7. The highest BCUT2D eigenvalue weighted by Crippen LogP contribution is 2.53. The number of hydrogen-bond acceptors (Lipinski definition) is 9. The summed E-state index contributed by atoms with van der Waals surface area (Å²) < 4.78 is 19.8. The van der Waals surface area contributed by atoms with Gasteiger partial charge >= 0.3 is 0 Å². The van der Waals surface area contributed by atoms with Crippen LogP contribution in [0.4, 0.5) is 21.8 Å². The van der Waals surface area contributed by atoms with Gasteiger partial charge in [-0.2, -0.15) is 16.7 Å². The Morgan fingerprint density at radius 2 is 1.91 bits per heavy atom. The van der Waals surface area contributed by atoms with Gasteiger partial charge in [-0.1, -0.05) is 35.9 Å². The van der Waals surface area contributed by atoms with Gasteiger partial charge in [0.1, 0.15) is 28.5 Å². The normalized spacial score (nSPS) is 17.0. The number of ether oxygens (including phenoxy) is 1. The molecular formula is C33H40ClFN6O3S. The largest absolute Gasteiger partial charge is 0.495 e. The van der Waals surface area contributed by atoms with E-state index < -0.39 is 16.3 Å². The van der Waals surface area contributed by atoms with Crippen LogP contribution in [0.1, 0.15) is 48.2 Å². The lowest BCUT2D eigenvalue weighted by Gasteiger charge is -2.35. The van der Waals surface area contributed by atoms with E-state index in [9.17, 15) is 14.0 Å². The molecule has 2 heterocycles. The summed E-state index contributed by atoms with van der Waals surface area (Å²) in [6.45, 7) is 7.48. The van der Waals surface area contributed by atoms with Crippen LogP contribution in [0.2, 0.25) is 5.02 Å². The molecule has 1 atom stereocenters. The molecule has 0 bridgehead atoms. The molecule has 9 nitrogen and oxygen atoms in total.